The number of non-ortho nitro benzene ring substituents is 1. The lowest BCUT2D eigenvalue weighted by molar-refractivity contribution is -0.384. The van der Waals surface area contributed by atoms with E-state index in [4.69, 9.17) is 5.26 Å². The molecule has 7 heteroatoms. The SMILES string of the molecule is N#Cc1cc([N+](=O)[O-])ccc1NCc1cncn1C1CC1. The number of nitro benzene ring substituents is 1. The highest BCUT2D eigenvalue weighted by atomic mass is 16.6. The lowest BCUT2D eigenvalue weighted by atomic mass is 10.1. The maximum atomic E-state index is 10.7. The molecular weight excluding hydrogens is 270 g/mol. The van der Waals surface area contributed by atoms with Crippen molar-refractivity contribution in [1.82, 2.24) is 9.55 Å². The molecule has 21 heavy (non-hydrogen) atoms. The smallest absolute Gasteiger partial charge is 0.270 e. The van der Waals surface area contributed by atoms with E-state index < -0.39 is 4.92 Å². The van der Waals surface area contributed by atoms with Gasteiger partial charge in [-0.25, -0.2) is 4.98 Å². The number of nitrogens with zero attached hydrogens (tertiary/aromatic N) is 4. The van der Waals surface area contributed by atoms with Crippen LogP contribution in [0.2, 0.25) is 0 Å². The molecule has 1 fully saturated rings. The molecule has 1 aliphatic rings. The Balaban J connectivity index is 1.77. The highest BCUT2D eigenvalue weighted by Gasteiger charge is 2.25. The van der Waals surface area contributed by atoms with Crippen molar-refractivity contribution in [1.29, 1.82) is 5.26 Å². The van der Waals surface area contributed by atoms with Gasteiger partial charge in [0.1, 0.15) is 6.07 Å². The number of rotatable bonds is 5. The van der Waals surface area contributed by atoms with Gasteiger partial charge in [-0.2, -0.15) is 5.26 Å². The van der Waals surface area contributed by atoms with Gasteiger partial charge in [-0.1, -0.05) is 0 Å². The molecule has 2 aromatic rings. The number of anilines is 1. The second-order valence-corrected chi connectivity index (χ2v) is 4.98. The zero-order valence-electron chi connectivity index (χ0n) is 11.2. The van der Waals surface area contributed by atoms with Gasteiger partial charge in [-0.3, -0.25) is 10.1 Å². The van der Waals surface area contributed by atoms with Crippen molar-refractivity contribution in [2.24, 2.45) is 0 Å². The molecule has 0 unspecified atom stereocenters. The molecule has 1 aliphatic carbocycles. The van der Waals surface area contributed by atoms with Gasteiger partial charge in [0.05, 0.1) is 34.7 Å². The van der Waals surface area contributed by atoms with E-state index in [9.17, 15) is 10.1 Å². The van der Waals surface area contributed by atoms with Gasteiger partial charge in [0.25, 0.3) is 5.69 Å². The highest BCUT2D eigenvalue weighted by Crippen LogP contribution is 2.35. The first-order valence-electron chi connectivity index (χ1n) is 6.62. The van der Waals surface area contributed by atoms with Crippen LogP contribution in [0.5, 0.6) is 0 Å². The number of hydrogen-bond donors (Lipinski definition) is 1. The topological polar surface area (TPSA) is 96.8 Å². The summed E-state index contributed by atoms with van der Waals surface area (Å²) in [5.41, 5.74) is 1.81. The third-order valence-corrected chi connectivity index (χ3v) is 3.48. The second-order valence-electron chi connectivity index (χ2n) is 4.98. The fraction of sp³-hybridized carbons (Fsp3) is 0.286. The minimum Gasteiger partial charge on any atom is -0.378 e. The normalized spacial score (nSPS) is 13.7. The molecule has 1 aromatic carbocycles. The summed E-state index contributed by atoms with van der Waals surface area (Å²) in [6, 6.07) is 6.75. The van der Waals surface area contributed by atoms with E-state index in [-0.39, 0.29) is 11.3 Å². The van der Waals surface area contributed by atoms with Crippen LogP contribution in [0.4, 0.5) is 11.4 Å². The van der Waals surface area contributed by atoms with Gasteiger partial charge in [0.15, 0.2) is 0 Å². The molecule has 0 saturated heterocycles. The van der Waals surface area contributed by atoms with E-state index in [0.717, 1.165) is 5.69 Å². The lowest BCUT2D eigenvalue weighted by Crippen LogP contribution is -2.07. The molecule has 0 radical (unpaired) electrons. The molecule has 106 valence electrons. The summed E-state index contributed by atoms with van der Waals surface area (Å²) >= 11 is 0. The van der Waals surface area contributed by atoms with Crippen molar-refractivity contribution >= 4 is 11.4 Å². The molecule has 0 aliphatic heterocycles. The molecular formula is C14H13N5O2. The van der Waals surface area contributed by atoms with Crippen molar-refractivity contribution in [3.8, 4) is 6.07 Å². The highest BCUT2D eigenvalue weighted by molar-refractivity contribution is 5.61. The van der Waals surface area contributed by atoms with Crippen LogP contribution >= 0.6 is 0 Å². The Hall–Kier alpha value is -2.88. The Kier molecular flexibility index (Phi) is 3.28. The molecule has 0 amide bonds. The molecule has 3 rings (SSSR count). The number of imidazole rings is 1. The summed E-state index contributed by atoms with van der Waals surface area (Å²) in [5.74, 6) is 0. The molecule has 0 spiro atoms. The van der Waals surface area contributed by atoms with Crippen LogP contribution in [0.1, 0.15) is 30.1 Å². The van der Waals surface area contributed by atoms with Crippen LogP contribution in [0.25, 0.3) is 0 Å². The monoisotopic (exact) mass is 283 g/mol. The summed E-state index contributed by atoms with van der Waals surface area (Å²) in [7, 11) is 0. The largest absolute Gasteiger partial charge is 0.378 e. The van der Waals surface area contributed by atoms with Crippen molar-refractivity contribution in [2.45, 2.75) is 25.4 Å². The Bertz CT molecular complexity index is 727. The van der Waals surface area contributed by atoms with Crippen LogP contribution in [0.15, 0.2) is 30.7 Å². The fourth-order valence-electron chi connectivity index (χ4n) is 2.23. The van der Waals surface area contributed by atoms with Crippen LogP contribution in [0.3, 0.4) is 0 Å². The quantitative estimate of drug-likeness (QED) is 0.672. The third kappa shape index (κ3) is 2.69. The zero-order valence-corrected chi connectivity index (χ0v) is 11.2. The number of nitrogens with one attached hydrogen (secondary N) is 1. The standard InChI is InChI=1S/C14H13N5O2/c15-6-10-5-12(19(20)21)3-4-14(10)17-8-13-7-16-9-18(13)11-1-2-11/h3-5,7,9,11,17H,1-2,8H2. The van der Waals surface area contributed by atoms with Gasteiger partial charge in [0, 0.05) is 24.4 Å². The van der Waals surface area contributed by atoms with Crippen molar-refractivity contribution in [3.05, 3.63) is 52.1 Å². The maximum Gasteiger partial charge on any atom is 0.270 e. The van der Waals surface area contributed by atoms with E-state index in [2.05, 4.69) is 14.9 Å². The zero-order chi connectivity index (χ0) is 14.8. The van der Waals surface area contributed by atoms with Gasteiger partial charge < -0.3 is 9.88 Å². The lowest BCUT2D eigenvalue weighted by Gasteiger charge is -2.10. The maximum absolute atomic E-state index is 10.7. The number of nitro groups is 1. The molecule has 1 N–H and O–H groups in total. The van der Waals surface area contributed by atoms with E-state index >= 15 is 0 Å². The minimum absolute atomic E-state index is 0.0832. The Labute approximate surface area is 121 Å². The Morgan fingerprint density at radius 1 is 1.52 bits per heavy atom. The summed E-state index contributed by atoms with van der Waals surface area (Å²) in [6.07, 6.45) is 5.95. The Morgan fingerprint density at radius 3 is 3.00 bits per heavy atom. The van der Waals surface area contributed by atoms with Crippen LogP contribution in [-0.2, 0) is 6.54 Å². The summed E-state index contributed by atoms with van der Waals surface area (Å²) < 4.78 is 2.13. The van der Waals surface area contributed by atoms with Gasteiger partial charge in [-0.15, -0.1) is 0 Å². The van der Waals surface area contributed by atoms with Gasteiger partial charge in [0.2, 0.25) is 0 Å². The molecule has 0 atom stereocenters. The van der Waals surface area contributed by atoms with Crippen LogP contribution < -0.4 is 5.32 Å². The predicted molar refractivity (Wildman–Crippen MR) is 75.6 cm³/mol. The molecule has 1 heterocycles. The third-order valence-electron chi connectivity index (χ3n) is 3.48. The van der Waals surface area contributed by atoms with E-state index in [1.54, 1.807) is 12.3 Å². The predicted octanol–water partition coefficient (Wildman–Crippen LogP) is 2.61. The number of aromatic nitrogens is 2. The van der Waals surface area contributed by atoms with Crippen molar-refractivity contribution < 1.29 is 4.92 Å². The van der Waals surface area contributed by atoms with Crippen molar-refractivity contribution in [3.63, 3.8) is 0 Å². The van der Waals surface area contributed by atoms with E-state index in [1.807, 2.05) is 12.4 Å². The molecule has 1 saturated carbocycles. The molecule has 0 bridgehead atoms. The number of hydrogen-bond acceptors (Lipinski definition) is 5. The van der Waals surface area contributed by atoms with Crippen LogP contribution in [0, 0.1) is 21.4 Å². The average molecular weight is 283 g/mol. The number of nitriles is 1. The first kappa shape index (κ1) is 13.1. The fourth-order valence-corrected chi connectivity index (χ4v) is 2.23. The van der Waals surface area contributed by atoms with Crippen molar-refractivity contribution in [2.75, 3.05) is 5.32 Å². The first-order chi connectivity index (χ1) is 10.2. The summed E-state index contributed by atoms with van der Waals surface area (Å²) in [6.45, 7) is 0.531. The molecule has 7 nitrogen and oxygen atoms in total. The van der Waals surface area contributed by atoms with E-state index in [1.165, 1.54) is 25.0 Å². The van der Waals surface area contributed by atoms with Gasteiger partial charge in [-0.05, 0) is 18.9 Å². The van der Waals surface area contributed by atoms with E-state index in [0.29, 0.717) is 18.3 Å². The summed E-state index contributed by atoms with van der Waals surface area (Å²) in [5, 5.41) is 23.0. The van der Waals surface area contributed by atoms with Crippen LogP contribution in [-0.4, -0.2) is 14.5 Å². The first-order valence-corrected chi connectivity index (χ1v) is 6.62. The summed E-state index contributed by atoms with van der Waals surface area (Å²) in [4.78, 5) is 14.4. The Morgan fingerprint density at radius 2 is 2.33 bits per heavy atom. The van der Waals surface area contributed by atoms with Gasteiger partial charge >= 0.3 is 0 Å². The second kappa shape index (κ2) is 5.25. The molecule has 1 aromatic heterocycles. The minimum atomic E-state index is -0.507. The number of benzene rings is 1. The average Bonchev–Trinajstić information content (AvgIpc) is 3.23.